The van der Waals surface area contributed by atoms with Crippen molar-refractivity contribution in [3.05, 3.63) is 29.8 Å². The van der Waals surface area contributed by atoms with Gasteiger partial charge in [0.2, 0.25) is 0 Å². The molecule has 5 heteroatoms. The van der Waals surface area contributed by atoms with Crippen LogP contribution in [0.3, 0.4) is 0 Å². The molecule has 0 spiro atoms. The largest absolute Gasteiger partial charge is 0.396 e. The molecule has 1 atom stereocenters. The molecule has 0 aliphatic carbocycles. The van der Waals surface area contributed by atoms with Crippen molar-refractivity contribution in [1.82, 2.24) is 4.90 Å². The minimum atomic E-state index is -3.19. The Kier molecular flexibility index (Phi) is 5.64. The van der Waals surface area contributed by atoms with Gasteiger partial charge in [-0.3, -0.25) is 0 Å². The number of hydrogen-bond donors (Lipinski definition) is 1. The van der Waals surface area contributed by atoms with E-state index in [1.165, 1.54) is 0 Å². The van der Waals surface area contributed by atoms with E-state index in [0.717, 1.165) is 38.0 Å². The van der Waals surface area contributed by atoms with Crippen LogP contribution in [0.15, 0.2) is 29.2 Å². The second-order valence-corrected chi connectivity index (χ2v) is 8.95. The van der Waals surface area contributed by atoms with Crippen molar-refractivity contribution >= 4 is 9.84 Å². The summed E-state index contributed by atoms with van der Waals surface area (Å²) < 4.78 is 24.7. The number of aliphatic hydroxyl groups excluding tert-OH is 1. The number of sulfone groups is 1. The van der Waals surface area contributed by atoms with Crippen LogP contribution in [0.4, 0.5) is 0 Å². The molecule has 0 aromatic heterocycles. The Morgan fingerprint density at radius 3 is 2.82 bits per heavy atom. The van der Waals surface area contributed by atoms with Gasteiger partial charge in [-0.1, -0.05) is 19.1 Å². The minimum absolute atomic E-state index is 0.0341. The van der Waals surface area contributed by atoms with Gasteiger partial charge in [-0.25, -0.2) is 8.42 Å². The lowest BCUT2D eigenvalue weighted by atomic mass is 9.83. The average molecular weight is 325 g/mol. The predicted octanol–water partition coefficient (Wildman–Crippen LogP) is 2.25. The summed E-state index contributed by atoms with van der Waals surface area (Å²) in [5.74, 6) is 0.183. The molecule has 0 radical (unpaired) electrons. The summed E-state index contributed by atoms with van der Waals surface area (Å²) in [6.07, 6.45) is 2.75. The van der Waals surface area contributed by atoms with Gasteiger partial charge < -0.3 is 10.0 Å². The first-order valence-corrected chi connectivity index (χ1v) is 9.63. The zero-order valence-electron chi connectivity index (χ0n) is 13.6. The molecule has 0 saturated carbocycles. The summed E-state index contributed by atoms with van der Waals surface area (Å²) >= 11 is 0. The van der Waals surface area contributed by atoms with E-state index in [1.54, 1.807) is 18.2 Å². The predicted molar refractivity (Wildman–Crippen MR) is 88.7 cm³/mol. The fourth-order valence-electron chi connectivity index (χ4n) is 3.15. The number of hydrogen-bond acceptors (Lipinski definition) is 4. The Morgan fingerprint density at radius 1 is 1.36 bits per heavy atom. The van der Waals surface area contributed by atoms with Gasteiger partial charge >= 0.3 is 0 Å². The summed E-state index contributed by atoms with van der Waals surface area (Å²) in [5, 5.41) is 9.47. The molecule has 1 aromatic carbocycles. The van der Waals surface area contributed by atoms with Crippen LogP contribution in [-0.2, 0) is 9.84 Å². The van der Waals surface area contributed by atoms with Crippen LogP contribution in [0.1, 0.15) is 31.7 Å². The number of rotatable bonds is 6. The van der Waals surface area contributed by atoms with Crippen molar-refractivity contribution in [2.45, 2.75) is 38.0 Å². The maximum absolute atomic E-state index is 12.4. The van der Waals surface area contributed by atoms with Crippen LogP contribution in [0.25, 0.3) is 0 Å². The molecule has 22 heavy (non-hydrogen) atoms. The van der Waals surface area contributed by atoms with Crippen molar-refractivity contribution in [1.29, 1.82) is 0 Å². The Bertz CT molecular complexity index is 600. The van der Waals surface area contributed by atoms with Gasteiger partial charge in [0.25, 0.3) is 0 Å². The van der Waals surface area contributed by atoms with E-state index >= 15 is 0 Å². The number of benzene rings is 1. The second-order valence-electron chi connectivity index (χ2n) is 6.84. The van der Waals surface area contributed by atoms with E-state index < -0.39 is 9.84 Å². The van der Waals surface area contributed by atoms with Gasteiger partial charge in [-0.05, 0) is 57.0 Å². The molecule has 1 N–H and O–H groups in total. The van der Waals surface area contributed by atoms with Crippen molar-refractivity contribution in [3.8, 4) is 0 Å². The lowest BCUT2D eigenvalue weighted by Gasteiger charge is -2.39. The zero-order chi connectivity index (χ0) is 16.2. The van der Waals surface area contributed by atoms with Crippen LogP contribution >= 0.6 is 0 Å². The molecule has 1 aromatic rings. The van der Waals surface area contributed by atoms with Crippen LogP contribution in [0, 0.1) is 12.3 Å². The van der Waals surface area contributed by atoms with E-state index in [9.17, 15) is 13.5 Å². The normalized spacial score (nSPS) is 23.6. The number of nitrogens with zero attached hydrogens (tertiary/aromatic N) is 1. The highest BCUT2D eigenvalue weighted by atomic mass is 32.2. The molecule has 4 nitrogen and oxygen atoms in total. The van der Waals surface area contributed by atoms with Gasteiger partial charge in [0.15, 0.2) is 9.84 Å². The highest BCUT2D eigenvalue weighted by molar-refractivity contribution is 7.91. The summed E-state index contributed by atoms with van der Waals surface area (Å²) in [6.45, 7) is 6.84. The Hall–Kier alpha value is -0.910. The summed E-state index contributed by atoms with van der Waals surface area (Å²) in [4.78, 5) is 2.71. The number of aryl methyl sites for hydroxylation is 1. The fourth-order valence-corrected chi connectivity index (χ4v) is 4.55. The molecule has 0 bridgehead atoms. The van der Waals surface area contributed by atoms with Gasteiger partial charge in [0.1, 0.15) is 0 Å². The summed E-state index contributed by atoms with van der Waals surface area (Å²) in [6, 6.07) is 7.10. The van der Waals surface area contributed by atoms with E-state index in [4.69, 9.17) is 0 Å². The second kappa shape index (κ2) is 7.11. The van der Waals surface area contributed by atoms with E-state index in [1.807, 2.05) is 13.0 Å². The Balaban J connectivity index is 1.88. The topological polar surface area (TPSA) is 57.6 Å². The van der Waals surface area contributed by atoms with Crippen LogP contribution in [0.5, 0.6) is 0 Å². The van der Waals surface area contributed by atoms with Crippen LogP contribution in [0.2, 0.25) is 0 Å². The third-order valence-corrected chi connectivity index (χ3v) is 6.28. The Morgan fingerprint density at radius 2 is 2.14 bits per heavy atom. The first kappa shape index (κ1) is 17.4. The maximum Gasteiger partial charge on any atom is 0.178 e. The average Bonchev–Trinajstić information content (AvgIpc) is 2.47. The molecule has 2 rings (SSSR count). The van der Waals surface area contributed by atoms with E-state index in [2.05, 4.69) is 11.8 Å². The summed E-state index contributed by atoms with van der Waals surface area (Å²) in [5.41, 5.74) is 0.934. The van der Waals surface area contributed by atoms with Gasteiger partial charge in [-0.2, -0.15) is 0 Å². The lowest BCUT2D eigenvalue weighted by Crippen LogP contribution is -2.44. The van der Waals surface area contributed by atoms with Crippen molar-refractivity contribution in [2.24, 2.45) is 5.41 Å². The SMILES string of the molecule is Cc1cccc(S(=O)(=O)CCCN2CCC[C@](C)(CO)C2)c1. The van der Waals surface area contributed by atoms with Crippen LogP contribution in [-0.4, -0.2) is 50.4 Å². The number of aliphatic hydroxyl groups is 1. The molecule has 1 aliphatic rings. The molecule has 124 valence electrons. The van der Waals surface area contributed by atoms with Crippen molar-refractivity contribution < 1.29 is 13.5 Å². The smallest absolute Gasteiger partial charge is 0.178 e. The van der Waals surface area contributed by atoms with Crippen molar-refractivity contribution in [2.75, 3.05) is 32.0 Å². The first-order valence-electron chi connectivity index (χ1n) is 7.97. The molecule has 1 fully saturated rings. The molecule has 1 aliphatic heterocycles. The lowest BCUT2D eigenvalue weighted by molar-refractivity contribution is 0.0468. The minimum Gasteiger partial charge on any atom is -0.396 e. The third-order valence-electron chi connectivity index (χ3n) is 4.48. The first-order chi connectivity index (χ1) is 10.3. The zero-order valence-corrected chi connectivity index (χ0v) is 14.4. The highest BCUT2D eigenvalue weighted by Crippen LogP contribution is 2.28. The monoisotopic (exact) mass is 325 g/mol. The van der Waals surface area contributed by atoms with Gasteiger partial charge in [0, 0.05) is 18.6 Å². The molecular formula is C17H27NO3S. The molecule has 0 unspecified atom stereocenters. The fraction of sp³-hybridized carbons (Fsp3) is 0.647. The Labute approximate surface area is 134 Å². The van der Waals surface area contributed by atoms with Gasteiger partial charge in [-0.15, -0.1) is 0 Å². The molecule has 0 amide bonds. The molecule has 1 heterocycles. The van der Waals surface area contributed by atoms with E-state index in [0.29, 0.717) is 11.3 Å². The maximum atomic E-state index is 12.4. The van der Waals surface area contributed by atoms with Crippen molar-refractivity contribution in [3.63, 3.8) is 0 Å². The third kappa shape index (κ3) is 4.54. The van der Waals surface area contributed by atoms with Gasteiger partial charge in [0.05, 0.1) is 10.6 Å². The molecule has 1 saturated heterocycles. The van der Waals surface area contributed by atoms with Crippen LogP contribution < -0.4 is 0 Å². The standard InChI is InChI=1S/C17H27NO3S/c1-15-6-3-7-16(12-15)22(20,21)11-5-10-18-9-4-8-17(2,13-18)14-19/h3,6-7,12,19H,4-5,8-11,13-14H2,1-2H3/t17-/m0/s1. The summed E-state index contributed by atoms with van der Waals surface area (Å²) in [7, 11) is -3.19. The van der Waals surface area contributed by atoms with E-state index in [-0.39, 0.29) is 17.8 Å². The number of likely N-dealkylation sites (tertiary alicyclic amines) is 1. The molecular weight excluding hydrogens is 298 g/mol. The highest BCUT2D eigenvalue weighted by Gasteiger charge is 2.30. The quantitative estimate of drug-likeness (QED) is 0.871. The number of piperidine rings is 1.